The predicted molar refractivity (Wildman–Crippen MR) is 53.8 cm³/mol. The molecular weight excluding hydrogens is 162 g/mol. The summed E-state index contributed by atoms with van der Waals surface area (Å²) in [6, 6.07) is 0.744. The lowest BCUT2D eigenvalue weighted by atomic mass is 9.88. The van der Waals surface area contributed by atoms with Crippen LogP contribution < -0.4 is 5.32 Å². The molecule has 0 aromatic heterocycles. The first-order valence-corrected chi connectivity index (χ1v) is 5.54. The Balaban J connectivity index is 1.60. The highest BCUT2D eigenvalue weighted by atomic mass is 16.5. The highest BCUT2D eigenvalue weighted by Crippen LogP contribution is 2.48. The van der Waals surface area contributed by atoms with Gasteiger partial charge in [0.2, 0.25) is 0 Å². The van der Waals surface area contributed by atoms with Crippen molar-refractivity contribution in [2.75, 3.05) is 13.7 Å². The van der Waals surface area contributed by atoms with Gasteiger partial charge in [0.15, 0.2) is 0 Å². The highest BCUT2D eigenvalue weighted by molar-refractivity contribution is 4.96. The van der Waals surface area contributed by atoms with Gasteiger partial charge in [0, 0.05) is 19.7 Å². The molecule has 0 aromatic rings. The summed E-state index contributed by atoms with van der Waals surface area (Å²) in [6.45, 7) is 3.55. The van der Waals surface area contributed by atoms with Crippen LogP contribution in [0.1, 0.15) is 39.0 Å². The van der Waals surface area contributed by atoms with Gasteiger partial charge >= 0.3 is 0 Å². The molecule has 0 bridgehead atoms. The summed E-state index contributed by atoms with van der Waals surface area (Å²) in [7, 11) is 1.81. The van der Waals surface area contributed by atoms with Gasteiger partial charge in [-0.25, -0.2) is 0 Å². The van der Waals surface area contributed by atoms with Gasteiger partial charge in [-0.15, -0.1) is 0 Å². The fourth-order valence-corrected chi connectivity index (χ4v) is 2.12. The molecule has 0 unspecified atom stereocenters. The fraction of sp³-hybridized carbons (Fsp3) is 1.00. The van der Waals surface area contributed by atoms with E-state index in [1.807, 2.05) is 7.11 Å². The molecule has 2 heteroatoms. The van der Waals surface area contributed by atoms with E-state index in [0.717, 1.165) is 6.04 Å². The normalized spacial score (nSPS) is 35.5. The summed E-state index contributed by atoms with van der Waals surface area (Å²) in [5.74, 6) is 0. The minimum Gasteiger partial charge on any atom is -0.381 e. The second-order valence-corrected chi connectivity index (χ2v) is 4.76. The van der Waals surface area contributed by atoms with Crippen molar-refractivity contribution in [2.45, 2.75) is 51.2 Å². The maximum atomic E-state index is 5.25. The van der Waals surface area contributed by atoms with Crippen LogP contribution in [0.2, 0.25) is 0 Å². The molecular formula is C11H21NO. The number of rotatable bonds is 5. The minimum atomic E-state index is 0.536. The lowest BCUT2D eigenvalue weighted by Gasteiger charge is -2.35. The standard InChI is InChI=1S/C11H21NO/c1-3-11(4-5-11)8-12-9-6-10(7-9)13-2/h9-10,12H,3-8H2,1-2H3. The third kappa shape index (κ3) is 2.05. The third-order valence-corrected chi connectivity index (χ3v) is 3.90. The summed E-state index contributed by atoms with van der Waals surface area (Å²) in [5, 5.41) is 3.66. The smallest absolute Gasteiger partial charge is 0.0601 e. The molecule has 0 spiro atoms. The predicted octanol–water partition coefficient (Wildman–Crippen LogP) is 1.94. The van der Waals surface area contributed by atoms with E-state index in [2.05, 4.69) is 12.2 Å². The minimum absolute atomic E-state index is 0.536. The summed E-state index contributed by atoms with van der Waals surface area (Å²) >= 11 is 0. The molecule has 2 saturated carbocycles. The van der Waals surface area contributed by atoms with E-state index in [1.165, 1.54) is 38.6 Å². The first-order chi connectivity index (χ1) is 6.28. The van der Waals surface area contributed by atoms with E-state index in [-0.39, 0.29) is 0 Å². The Hall–Kier alpha value is -0.0800. The average molecular weight is 183 g/mol. The maximum Gasteiger partial charge on any atom is 0.0601 e. The fourth-order valence-electron chi connectivity index (χ4n) is 2.12. The molecule has 0 saturated heterocycles. The van der Waals surface area contributed by atoms with Crippen molar-refractivity contribution in [2.24, 2.45) is 5.41 Å². The van der Waals surface area contributed by atoms with E-state index in [0.29, 0.717) is 11.5 Å². The monoisotopic (exact) mass is 183 g/mol. The summed E-state index contributed by atoms with van der Waals surface area (Å²) < 4.78 is 5.25. The van der Waals surface area contributed by atoms with Crippen LogP contribution in [0.15, 0.2) is 0 Å². The van der Waals surface area contributed by atoms with Gasteiger partial charge in [-0.2, -0.15) is 0 Å². The molecule has 1 N–H and O–H groups in total. The van der Waals surface area contributed by atoms with Crippen LogP contribution in [0.5, 0.6) is 0 Å². The average Bonchev–Trinajstić information content (AvgIpc) is 2.83. The zero-order valence-corrected chi connectivity index (χ0v) is 8.81. The first kappa shape index (κ1) is 9.47. The maximum absolute atomic E-state index is 5.25. The Kier molecular flexibility index (Phi) is 2.61. The summed E-state index contributed by atoms with van der Waals surface area (Å²) in [4.78, 5) is 0. The lowest BCUT2D eigenvalue weighted by molar-refractivity contribution is 0.0160. The van der Waals surface area contributed by atoms with Crippen LogP contribution in [-0.2, 0) is 4.74 Å². The Morgan fingerprint density at radius 1 is 1.38 bits per heavy atom. The van der Waals surface area contributed by atoms with E-state index in [9.17, 15) is 0 Å². The van der Waals surface area contributed by atoms with Gasteiger partial charge in [0.05, 0.1) is 6.10 Å². The Morgan fingerprint density at radius 3 is 2.54 bits per heavy atom. The SMILES string of the molecule is CCC1(CNC2CC(OC)C2)CC1. The Morgan fingerprint density at radius 2 is 2.08 bits per heavy atom. The van der Waals surface area contributed by atoms with Gasteiger partial charge < -0.3 is 10.1 Å². The number of hydrogen-bond acceptors (Lipinski definition) is 2. The van der Waals surface area contributed by atoms with E-state index in [1.54, 1.807) is 0 Å². The summed E-state index contributed by atoms with van der Waals surface area (Å²) in [5.41, 5.74) is 0.693. The Labute approximate surface area is 81.0 Å². The molecule has 0 heterocycles. The third-order valence-electron chi connectivity index (χ3n) is 3.90. The quantitative estimate of drug-likeness (QED) is 0.703. The number of hydrogen-bond donors (Lipinski definition) is 1. The molecule has 2 fully saturated rings. The van der Waals surface area contributed by atoms with Crippen molar-refractivity contribution in [3.05, 3.63) is 0 Å². The van der Waals surface area contributed by atoms with Crippen molar-refractivity contribution < 1.29 is 4.74 Å². The van der Waals surface area contributed by atoms with Gasteiger partial charge in [-0.1, -0.05) is 6.92 Å². The highest BCUT2D eigenvalue weighted by Gasteiger charge is 2.41. The van der Waals surface area contributed by atoms with Crippen molar-refractivity contribution in [3.63, 3.8) is 0 Å². The molecule has 2 aliphatic carbocycles. The molecule has 0 atom stereocenters. The first-order valence-electron chi connectivity index (χ1n) is 5.54. The van der Waals surface area contributed by atoms with Gasteiger partial charge in [-0.05, 0) is 37.5 Å². The van der Waals surface area contributed by atoms with Crippen LogP contribution in [0.3, 0.4) is 0 Å². The zero-order valence-electron chi connectivity index (χ0n) is 8.81. The van der Waals surface area contributed by atoms with Crippen molar-refractivity contribution in [3.8, 4) is 0 Å². The largest absolute Gasteiger partial charge is 0.381 e. The van der Waals surface area contributed by atoms with Crippen molar-refractivity contribution >= 4 is 0 Å². The number of ether oxygens (including phenoxy) is 1. The van der Waals surface area contributed by atoms with E-state index >= 15 is 0 Å². The molecule has 13 heavy (non-hydrogen) atoms. The number of methoxy groups -OCH3 is 1. The molecule has 0 radical (unpaired) electrons. The molecule has 0 aromatic carbocycles. The molecule has 0 aliphatic heterocycles. The topological polar surface area (TPSA) is 21.3 Å². The number of nitrogens with one attached hydrogen (secondary N) is 1. The zero-order chi connectivity index (χ0) is 9.31. The van der Waals surface area contributed by atoms with Crippen LogP contribution in [0, 0.1) is 5.41 Å². The second-order valence-electron chi connectivity index (χ2n) is 4.76. The van der Waals surface area contributed by atoms with Crippen LogP contribution >= 0.6 is 0 Å². The lowest BCUT2D eigenvalue weighted by Crippen LogP contribution is -2.46. The summed E-state index contributed by atoms with van der Waals surface area (Å²) in [6.07, 6.45) is 7.20. The molecule has 2 aliphatic rings. The van der Waals surface area contributed by atoms with Crippen molar-refractivity contribution in [1.29, 1.82) is 0 Å². The van der Waals surface area contributed by atoms with Gasteiger partial charge in [0.25, 0.3) is 0 Å². The van der Waals surface area contributed by atoms with Crippen LogP contribution in [-0.4, -0.2) is 25.8 Å². The van der Waals surface area contributed by atoms with Crippen molar-refractivity contribution in [1.82, 2.24) is 5.32 Å². The molecule has 2 nitrogen and oxygen atoms in total. The van der Waals surface area contributed by atoms with Gasteiger partial charge in [0.1, 0.15) is 0 Å². The van der Waals surface area contributed by atoms with Crippen LogP contribution in [0.4, 0.5) is 0 Å². The van der Waals surface area contributed by atoms with Crippen LogP contribution in [0.25, 0.3) is 0 Å². The molecule has 2 rings (SSSR count). The Bertz CT molecular complexity index is 171. The van der Waals surface area contributed by atoms with E-state index in [4.69, 9.17) is 4.74 Å². The molecule has 0 amide bonds. The second kappa shape index (κ2) is 3.58. The van der Waals surface area contributed by atoms with Gasteiger partial charge in [-0.3, -0.25) is 0 Å². The van der Waals surface area contributed by atoms with E-state index < -0.39 is 0 Å². The molecule has 76 valence electrons.